The monoisotopic (exact) mass is 204 g/mol. The summed E-state index contributed by atoms with van der Waals surface area (Å²) in [5.74, 6) is 0.550. The van der Waals surface area contributed by atoms with E-state index in [1.54, 1.807) is 6.92 Å². The summed E-state index contributed by atoms with van der Waals surface area (Å²) in [6, 6.07) is 4.41. The van der Waals surface area contributed by atoms with E-state index in [2.05, 4.69) is 20.5 Å². The van der Waals surface area contributed by atoms with Gasteiger partial charge in [0.2, 0.25) is 5.89 Å². The minimum absolute atomic E-state index is 0.426. The summed E-state index contributed by atoms with van der Waals surface area (Å²) in [5, 5.41) is 10.5. The van der Waals surface area contributed by atoms with Crippen molar-refractivity contribution in [3.8, 4) is 0 Å². The largest absolute Gasteiger partial charge is 0.408 e. The predicted octanol–water partition coefficient (Wildman–Crippen LogP) is 1.69. The van der Waals surface area contributed by atoms with Crippen molar-refractivity contribution in [3.63, 3.8) is 0 Å². The summed E-state index contributed by atoms with van der Waals surface area (Å²) in [4.78, 5) is 4.25. The molecule has 0 fully saturated rings. The number of nitrogens with one attached hydrogen (secondary N) is 1. The van der Waals surface area contributed by atoms with Gasteiger partial charge in [0.05, 0.1) is 12.2 Å². The maximum atomic E-state index is 5.17. The van der Waals surface area contributed by atoms with Crippen molar-refractivity contribution in [2.75, 3.05) is 5.32 Å². The molecule has 0 unspecified atom stereocenters. The summed E-state index contributed by atoms with van der Waals surface area (Å²) in [6.45, 7) is 4.34. The second kappa shape index (κ2) is 4.08. The first-order valence-electron chi connectivity index (χ1n) is 4.69. The summed E-state index contributed by atoms with van der Waals surface area (Å²) in [7, 11) is 0. The normalized spacial score (nSPS) is 10.3. The van der Waals surface area contributed by atoms with Gasteiger partial charge in [0.1, 0.15) is 0 Å². The van der Waals surface area contributed by atoms with Gasteiger partial charge >= 0.3 is 6.01 Å². The van der Waals surface area contributed by atoms with Crippen molar-refractivity contribution in [2.24, 2.45) is 0 Å². The fourth-order valence-corrected chi connectivity index (χ4v) is 1.14. The molecule has 0 aromatic carbocycles. The van der Waals surface area contributed by atoms with E-state index in [1.165, 1.54) is 0 Å². The van der Waals surface area contributed by atoms with E-state index in [4.69, 9.17) is 4.42 Å². The molecule has 5 nitrogen and oxygen atoms in total. The molecule has 2 aromatic heterocycles. The third-order valence-corrected chi connectivity index (χ3v) is 1.92. The molecule has 1 N–H and O–H groups in total. The molecule has 0 bridgehead atoms. The lowest BCUT2D eigenvalue weighted by molar-refractivity contribution is 0.530. The van der Waals surface area contributed by atoms with Crippen LogP contribution in [0.4, 0.5) is 6.01 Å². The van der Waals surface area contributed by atoms with Crippen LogP contribution in [-0.2, 0) is 6.54 Å². The highest BCUT2D eigenvalue weighted by Gasteiger charge is 2.01. The van der Waals surface area contributed by atoms with Crippen molar-refractivity contribution < 1.29 is 4.42 Å². The lowest BCUT2D eigenvalue weighted by Crippen LogP contribution is -2.01. The molecule has 0 spiro atoms. The Labute approximate surface area is 87.6 Å². The Morgan fingerprint density at radius 1 is 1.27 bits per heavy atom. The molecule has 2 rings (SSSR count). The number of rotatable bonds is 3. The summed E-state index contributed by atoms with van der Waals surface area (Å²) >= 11 is 0. The van der Waals surface area contributed by atoms with Gasteiger partial charge in [-0.3, -0.25) is 4.98 Å². The van der Waals surface area contributed by atoms with Gasteiger partial charge in [-0.2, -0.15) is 0 Å². The standard InChI is InChI=1S/C10H12N4O/c1-7-3-4-9(11-5-7)6-12-10-14-13-8(2)15-10/h3-5H,6H2,1-2H3,(H,12,14). The predicted molar refractivity (Wildman–Crippen MR) is 55.3 cm³/mol. The van der Waals surface area contributed by atoms with Gasteiger partial charge in [-0.05, 0) is 18.6 Å². The minimum atomic E-state index is 0.426. The van der Waals surface area contributed by atoms with Gasteiger partial charge < -0.3 is 9.73 Å². The second-order valence-electron chi connectivity index (χ2n) is 3.31. The van der Waals surface area contributed by atoms with E-state index in [0.717, 1.165) is 11.3 Å². The molecule has 2 heterocycles. The Morgan fingerprint density at radius 2 is 2.13 bits per heavy atom. The number of pyridine rings is 1. The number of nitrogens with zero attached hydrogens (tertiary/aromatic N) is 3. The van der Waals surface area contributed by atoms with E-state index in [0.29, 0.717) is 18.5 Å². The van der Waals surface area contributed by atoms with E-state index < -0.39 is 0 Å². The van der Waals surface area contributed by atoms with Crippen molar-refractivity contribution in [1.29, 1.82) is 0 Å². The molecular weight excluding hydrogens is 192 g/mol. The first-order valence-corrected chi connectivity index (χ1v) is 4.69. The third kappa shape index (κ3) is 2.52. The number of aryl methyl sites for hydroxylation is 2. The fourth-order valence-electron chi connectivity index (χ4n) is 1.14. The van der Waals surface area contributed by atoms with Gasteiger partial charge in [0, 0.05) is 13.1 Å². The smallest absolute Gasteiger partial charge is 0.315 e. The Morgan fingerprint density at radius 3 is 2.73 bits per heavy atom. The SMILES string of the molecule is Cc1ccc(CNc2nnc(C)o2)nc1. The first-order chi connectivity index (χ1) is 7.24. The van der Waals surface area contributed by atoms with Crippen LogP contribution in [0.1, 0.15) is 17.1 Å². The molecule has 0 amide bonds. The fraction of sp³-hybridized carbons (Fsp3) is 0.300. The maximum Gasteiger partial charge on any atom is 0.315 e. The molecule has 0 atom stereocenters. The highest BCUT2D eigenvalue weighted by Crippen LogP contribution is 2.06. The molecule has 0 radical (unpaired) electrons. The Bertz CT molecular complexity index is 435. The molecule has 15 heavy (non-hydrogen) atoms. The van der Waals surface area contributed by atoms with Crippen molar-refractivity contribution in [3.05, 3.63) is 35.5 Å². The molecular formula is C10H12N4O. The van der Waals surface area contributed by atoms with Crippen LogP contribution in [0.25, 0.3) is 0 Å². The molecule has 0 aliphatic rings. The zero-order valence-electron chi connectivity index (χ0n) is 8.69. The number of aromatic nitrogens is 3. The van der Waals surface area contributed by atoms with Crippen LogP contribution in [0.5, 0.6) is 0 Å². The highest BCUT2D eigenvalue weighted by molar-refractivity contribution is 5.20. The van der Waals surface area contributed by atoms with Crippen molar-refractivity contribution in [1.82, 2.24) is 15.2 Å². The molecule has 0 aliphatic heterocycles. The highest BCUT2D eigenvalue weighted by atomic mass is 16.4. The van der Waals surface area contributed by atoms with Crippen LogP contribution in [0.15, 0.2) is 22.7 Å². The molecule has 2 aromatic rings. The molecule has 78 valence electrons. The zero-order chi connectivity index (χ0) is 10.7. The van der Waals surface area contributed by atoms with E-state index in [-0.39, 0.29) is 0 Å². The number of hydrogen-bond donors (Lipinski definition) is 1. The number of hydrogen-bond acceptors (Lipinski definition) is 5. The van der Waals surface area contributed by atoms with E-state index in [1.807, 2.05) is 25.3 Å². The average Bonchev–Trinajstić information content (AvgIpc) is 2.64. The van der Waals surface area contributed by atoms with Crippen molar-refractivity contribution >= 4 is 6.01 Å². The Balaban J connectivity index is 1.96. The average molecular weight is 204 g/mol. The van der Waals surface area contributed by atoms with Crippen LogP contribution in [0, 0.1) is 13.8 Å². The maximum absolute atomic E-state index is 5.17. The van der Waals surface area contributed by atoms with Crippen molar-refractivity contribution in [2.45, 2.75) is 20.4 Å². The molecule has 5 heteroatoms. The summed E-state index contributed by atoms with van der Waals surface area (Å²) < 4.78 is 5.17. The van der Waals surface area contributed by atoms with E-state index in [9.17, 15) is 0 Å². The Kier molecular flexibility index (Phi) is 2.62. The topological polar surface area (TPSA) is 63.8 Å². The van der Waals surface area contributed by atoms with Crippen LogP contribution < -0.4 is 5.32 Å². The van der Waals surface area contributed by atoms with Crippen LogP contribution >= 0.6 is 0 Å². The molecule has 0 aliphatic carbocycles. The molecule has 0 saturated carbocycles. The quantitative estimate of drug-likeness (QED) is 0.824. The molecule has 0 saturated heterocycles. The van der Waals surface area contributed by atoms with Crippen LogP contribution in [0.2, 0.25) is 0 Å². The number of anilines is 1. The summed E-state index contributed by atoms with van der Waals surface area (Å²) in [6.07, 6.45) is 1.83. The Hall–Kier alpha value is -1.91. The van der Waals surface area contributed by atoms with E-state index >= 15 is 0 Å². The third-order valence-electron chi connectivity index (χ3n) is 1.92. The minimum Gasteiger partial charge on any atom is -0.408 e. The van der Waals surface area contributed by atoms with Gasteiger partial charge in [0.15, 0.2) is 0 Å². The summed E-state index contributed by atoms with van der Waals surface area (Å²) in [5.41, 5.74) is 2.09. The van der Waals surface area contributed by atoms with Crippen LogP contribution in [0.3, 0.4) is 0 Å². The van der Waals surface area contributed by atoms with Gasteiger partial charge in [-0.25, -0.2) is 0 Å². The van der Waals surface area contributed by atoms with Gasteiger partial charge in [-0.15, -0.1) is 5.10 Å². The lowest BCUT2D eigenvalue weighted by atomic mass is 10.3. The zero-order valence-corrected chi connectivity index (χ0v) is 8.69. The second-order valence-corrected chi connectivity index (χ2v) is 3.31. The first kappa shape index (κ1) is 9.64. The van der Waals surface area contributed by atoms with Crippen LogP contribution in [-0.4, -0.2) is 15.2 Å². The van der Waals surface area contributed by atoms with Gasteiger partial charge in [-0.1, -0.05) is 11.2 Å². The van der Waals surface area contributed by atoms with Gasteiger partial charge in [0.25, 0.3) is 0 Å². The lowest BCUT2D eigenvalue weighted by Gasteiger charge is -2.00.